The highest BCUT2D eigenvalue weighted by molar-refractivity contribution is 5.29. The molecule has 2 atom stereocenters. The number of hydrogen-bond donors (Lipinski definition) is 1. The van der Waals surface area contributed by atoms with Gasteiger partial charge in [0, 0.05) is 6.61 Å². The van der Waals surface area contributed by atoms with E-state index in [1.807, 2.05) is 31.2 Å². The highest BCUT2D eigenvalue weighted by Gasteiger charge is 2.10. The minimum absolute atomic E-state index is 0.0654. The first kappa shape index (κ1) is 18.0. The van der Waals surface area contributed by atoms with Crippen molar-refractivity contribution >= 4 is 0 Å². The van der Waals surface area contributed by atoms with Gasteiger partial charge in [-0.3, -0.25) is 0 Å². The molecular weight excluding hydrogens is 262 g/mol. The topological polar surface area (TPSA) is 44.5 Å². The Labute approximate surface area is 129 Å². The minimum Gasteiger partial charge on any atom is -0.494 e. The van der Waals surface area contributed by atoms with Gasteiger partial charge in [-0.05, 0) is 37.0 Å². The molecule has 0 bridgehead atoms. The van der Waals surface area contributed by atoms with E-state index in [9.17, 15) is 0 Å². The van der Waals surface area contributed by atoms with E-state index in [0.29, 0.717) is 19.1 Å². The van der Waals surface area contributed by atoms with Crippen molar-refractivity contribution in [2.24, 2.45) is 11.7 Å². The summed E-state index contributed by atoms with van der Waals surface area (Å²) in [6, 6.07) is 7.91. The first-order chi connectivity index (χ1) is 10.2. The molecule has 1 aromatic rings. The SMILES string of the molecule is CCCCC(CC)COCC(N)c1ccc(OCC)cc1. The summed E-state index contributed by atoms with van der Waals surface area (Å²) < 4.78 is 11.3. The molecule has 0 saturated carbocycles. The van der Waals surface area contributed by atoms with Crippen molar-refractivity contribution in [1.29, 1.82) is 0 Å². The smallest absolute Gasteiger partial charge is 0.119 e. The van der Waals surface area contributed by atoms with Gasteiger partial charge in [-0.2, -0.15) is 0 Å². The molecule has 0 fully saturated rings. The number of benzene rings is 1. The van der Waals surface area contributed by atoms with Crippen molar-refractivity contribution < 1.29 is 9.47 Å². The highest BCUT2D eigenvalue weighted by Crippen LogP contribution is 2.18. The van der Waals surface area contributed by atoms with Crippen molar-refractivity contribution in [2.75, 3.05) is 19.8 Å². The van der Waals surface area contributed by atoms with E-state index in [1.54, 1.807) is 0 Å². The molecule has 0 spiro atoms. The van der Waals surface area contributed by atoms with Crippen LogP contribution in [0.2, 0.25) is 0 Å². The second kappa shape index (κ2) is 10.6. The zero-order valence-electron chi connectivity index (χ0n) is 13.8. The summed E-state index contributed by atoms with van der Waals surface area (Å²) in [5.41, 5.74) is 7.28. The molecule has 0 heterocycles. The van der Waals surface area contributed by atoms with Crippen LogP contribution in [0.5, 0.6) is 5.75 Å². The number of ether oxygens (including phenoxy) is 2. The van der Waals surface area contributed by atoms with Gasteiger partial charge >= 0.3 is 0 Å². The third kappa shape index (κ3) is 6.96. The van der Waals surface area contributed by atoms with E-state index in [0.717, 1.165) is 17.9 Å². The summed E-state index contributed by atoms with van der Waals surface area (Å²) in [5.74, 6) is 1.55. The lowest BCUT2D eigenvalue weighted by atomic mass is 10.0. The molecule has 1 rings (SSSR count). The van der Waals surface area contributed by atoms with E-state index in [-0.39, 0.29) is 6.04 Å². The van der Waals surface area contributed by atoms with Gasteiger partial charge in [0.05, 0.1) is 19.3 Å². The third-order valence-electron chi connectivity index (χ3n) is 3.81. The molecule has 3 nitrogen and oxygen atoms in total. The monoisotopic (exact) mass is 293 g/mol. The van der Waals surface area contributed by atoms with Crippen LogP contribution in [-0.2, 0) is 4.74 Å². The van der Waals surface area contributed by atoms with E-state index in [2.05, 4.69) is 13.8 Å². The van der Waals surface area contributed by atoms with Gasteiger partial charge in [0.25, 0.3) is 0 Å². The van der Waals surface area contributed by atoms with Crippen LogP contribution < -0.4 is 10.5 Å². The molecule has 0 radical (unpaired) electrons. The molecule has 120 valence electrons. The molecule has 2 unspecified atom stereocenters. The average Bonchev–Trinajstić information content (AvgIpc) is 2.51. The second-order valence-corrected chi connectivity index (χ2v) is 5.56. The van der Waals surface area contributed by atoms with Gasteiger partial charge in [0.15, 0.2) is 0 Å². The minimum atomic E-state index is -0.0654. The molecule has 0 aromatic heterocycles. The van der Waals surface area contributed by atoms with E-state index < -0.39 is 0 Å². The van der Waals surface area contributed by atoms with Crippen LogP contribution in [0, 0.1) is 5.92 Å². The Morgan fingerprint density at radius 1 is 1.05 bits per heavy atom. The third-order valence-corrected chi connectivity index (χ3v) is 3.81. The largest absolute Gasteiger partial charge is 0.494 e. The Morgan fingerprint density at radius 2 is 1.76 bits per heavy atom. The standard InChI is InChI=1S/C18H31NO2/c1-4-7-8-15(5-2)13-20-14-18(19)16-9-11-17(12-10-16)21-6-3/h9-12,15,18H,4-8,13-14,19H2,1-3H3. The fraction of sp³-hybridized carbons (Fsp3) is 0.667. The van der Waals surface area contributed by atoms with E-state index >= 15 is 0 Å². The van der Waals surface area contributed by atoms with Crippen molar-refractivity contribution in [3.05, 3.63) is 29.8 Å². The molecule has 0 amide bonds. The fourth-order valence-corrected chi connectivity index (χ4v) is 2.33. The summed E-state index contributed by atoms with van der Waals surface area (Å²) in [4.78, 5) is 0. The molecule has 0 aliphatic heterocycles. The Bertz CT molecular complexity index is 364. The van der Waals surface area contributed by atoms with E-state index in [1.165, 1.54) is 25.7 Å². The lowest BCUT2D eigenvalue weighted by molar-refractivity contribution is 0.0837. The number of rotatable bonds is 11. The molecule has 3 heteroatoms. The maximum absolute atomic E-state index is 6.18. The van der Waals surface area contributed by atoms with Crippen LogP contribution in [0.1, 0.15) is 58.1 Å². The van der Waals surface area contributed by atoms with Crippen molar-refractivity contribution in [2.45, 2.75) is 52.5 Å². The maximum atomic E-state index is 6.18. The first-order valence-corrected chi connectivity index (χ1v) is 8.27. The summed E-state index contributed by atoms with van der Waals surface area (Å²) in [5, 5.41) is 0. The normalized spacial score (nSPS) is 13.9. The molecule has 0 aliphatic rings. The van der Waals surface area contributed by atoms with Gasteiger partial charge in [0.1, 0.15) is 5.75 Å². The molecule has 0 saturated heterocycles. The van der Waals surface area contributed by atoms with Crippen LogP contribution in [0.4, 0.5) is 0 Å². The molecule has 2 N–H and O–H groups in total. The molecule has 21 heavy (non-hydrogen) atoms. The predicted molar refractivity (Wildman–Crippen MR) is 88.7 cm³/mol. The Morgan fingerprint density at radius 3 is 2.33 bits per heavy atom. The zero-order valence-corrected chi connectivity index (χ0v) is 13.8. The van der Waals surface area contributed by atoms with Gasteiger partial charge < -0.3 is 15.2 Å². The van der Waals surface area contributed by atoms with Crippen molar-refractivity contribution in [1.82, 2.24) is 0 Å². The van der Waals surface area contributed by atoms with Crippen molar-refractivity contribution in [3.8, 4) is 5.75 Å². The predicted octanol–water partition coefficient (Wildman–Crippen LogP) is 4.32. The quantitative estimate of drug-likeness (QED) is 0.661. The molecule has 1 aromatic carbocycles. The van der Waals surface area contributed by atoms with Crippen LogP contribution in [0.3, 0.4) is 0 Å². The maximum Gasteiger partial charge on any atom is 0.119 e. The lowest BCUT2D eigenvalue weighted by Gasteiger charge is -2.17. The fourth-order valence-electron chi connectivity index (χ4n) is 2.33. The second-order valence-electron chi connectivity index (χ2n) is 5.56. The number of hydrogen-bond acceptors (Lipinski definition) is 3. The van der Waals surface area contributed by atoms with Gasteiger partial charge in [0.2, 0.25) is 0 Å². The molecular formula is C18H31NO2. The first-order valence-electron chi connectivity index (χ1n) is 8.27. The van der Waals surface area contributed by atoms with Gasteiger partial charge in [-0.1, -0.05) is 45.2 Å². The Balaban J connectivity index is 2.33. The number of unbranched alkanes of at least 4 members (excludes halogenated alkanes) is 1. The Kier molecular flexibility index (Phi) is 9.11. The van der Waals surface area contributed by atoms with Gasteiger partial charge in [-0.15, -0.1) is 0 Å². The summed E-state index contributed by atoms with van der Waals surface area (Å²) in [6.45, 7) is 8.53. The Hall–Kier alpha value is -1.06. The van der Waals surface area contributed by atoms with Crippen LogP contribution in [-0.4, -0.2) is 19.8 Å². The zero-order chi connectivity index (χ0) is 15.5. The lowest BCUT2D eigenvalue weighted by Crippen LogP contribution is -2.19. The van der Waals surface area contributed by atoms with Crippen LogP contribution >= 0.6 is 0 Å². The summed E-state index contributed by atoms with van der Waals surface area (Å²) in [6.07, 6.45) is 4.97. The summed E-state index contributed by atoms with van der Waals surface area (Å²) >= 11 is 0. The van der Waals surface area contributed by atoms with Crippen LogP contribution in [0.25, 0.3) is 0 Å². The summed E-state index contributed by atoms with van der Waals surface area (Å²) in [7, 11) is 0. The highest BCUT2D eigenvalue weighted by atomic mass is 16.5. The molecule has 0 aliphatic carbocycles. The average molecular weight is 293 g/mol. The van der Waals surface area contributed by atoms with Gasteiger partial charge in [-0.25, -0.2) is 0 Å². The number of nitrogens with two attached hydrogens (primary N) is 1. The van der Waals surface area contributed by atoms with E-state index in [4.69, 9.17) is 15.2 Å². The van der Waals surface area contributed by atoms with Crippen molar-refractivity contribution in [3.63, 3.8) is 0 Å². The van der Waals surface area contributed by atoms with Crippen LogP contribution in [0.15, 0.2) is 24.3 Å².